The summed E-state index contributed by atoms with van der Waals surface area (Å²) < 4.78 is 5.85. The molecule has 1 heterocycles. The first-order valence-corrected chi connectivity index (χ1v) is 9.62. The Balaban J connectivity index is 2.29. The van der Waals surface area contributed by atoms with E-state index in [0.29, 0.717) is 17.3 Å². The van der Waals surface area contributed by atoms with E-state index in [9.17, 15) is 4.79 Å². The van der Waals surface area contributed by atoms with Gasteiger partial charge in [0.25, 0.3) is 5.91 Å². The molecule has 0 aliphatic heterocycles. The van der Waals surface area contributed by atoms with E-state index in [1.54, 1.807) is 13.0 Å². The molecule has 0 aliphatic rings. The van der Waals surface area contributed by atoms with E-state index in [4.69, 9.17) is 4.74 Å². The highest BCUT2D eigenvalue weighted by Gasteiger charge is 2.18. The number of hydrogen-bond donors (Lipinski definition) is 1. The first-order chi connectivity index (χ1) is 12.9. The van der Waals surface area contributed by atoms with Crippen molar-refractivity contribution < 1.29 is 9.53 Å². The van der Waals surface area contributed by atoms with E-state index >= 15 is 0 Å². The second-order valence-corrected chi connectivity index (χ2v) is 6.77. The SMILES string of the molecule is CCCN(CCC)C(=O)c1cc(Nc2ccccc2OC(C)C)nc(C)n1. The van der Waals surface area contributed by atoms with Gasteiger partial charge in [0.1, 0.15) is 23.1 Å². The second-order valence-electron chi connectivity index (χ2n) is 6.77. The zero-order chi connectivity index (χ0) is 19.8. The fourth-order valence-electron chi connectivity index (χ4n) is 2.82. The molecule has 1 aromatic carbocycles. The van der Waals surface area contributed by atoms with Crippen molar-refractivity contribution in [3.63, 3.8) is 0 Å². The minimum absolute atomic E-state index is 0.0565. The average Bonchev–Trinajstić information content (AvgIpc) is 2.61. The summed E-state index contributed by atoms with van der Waals surface area (Å²) in [7, 11) is 0. The lowest BCUT2D eigenvalue weighted by Crippen LogP contribution is -2.33. The monoisotopic (exact) mass is 370 g/mol. The summed E-state index contributed by atoms with van der Waals surface area (Å²) >= 11 is 0. The number of rotatable bonds is 9. The molecule has 0 radical (unpaired) electrons. The molecule has 0 spiro atoms. The predicted octanol–water partition coefficient (Wildman–Crippen LogP) is 4.58. The summed E-state index contributed by atoms with van der Waals surface area (Å²) in [6, 6.07) is 9.40. The minimum Gasteiger partial charge on any atom is -0.489 e. The Labute approximate surface area is 162 Å². The van der Waals surface area contributed by atoms with E-state index < -0.39 is 0 Å². The number of benzene rings is 1. The highest BCUT2D eigenvalue weighted by atomic mass is 16.5. The third-order valence-electron chi connectivity index (χ3n) is 3.84. The largest absolute Gasteiger partial charge is 0.489 e. The van der Waals surface area contributed by atoms with Gasteiger partial charge in [-0.3, -0.25) is 4.79 Å². The van der Waals surface area contributed by atoms with Crippen LogP contribution in [-0.4, -0.2) is 40.0 Å². The molecule has 0 aliphatic carbocycles. The van der Waals surface area contributed by atoms with Crippen LogP contribution in [0.5, 0.6) is 5.75 Å². The van der Waals surface area contributed by atoms with Gasteiger partial charge in [0.05, 0.1) is 11.8 Å². The number of para-hydroxylation sites is 2. The lowest BCUT2D eigenvalue weighted by molar-refractivity contribution is 0.0749. The molecule has 146 valence electrons. The number of carbonyl (C=O) groups is 1. The van der Waals surface area contributed by atoms with Gasteiger partial charge in [-0.2, -0.15) is 0 Å². The third-order valence-corrected chi connectivity index (χ3v) is 3.84. The molecule has 27 heavy (non-hydrogen) atoms. The molecule has 2 rings (SSSR count). The first-order valence-electron chi connectivity index (χ1n) is 9.62. The summed E-state index contributed by atoms with van der Waals surface area (Å²) in [6.07, 6.45) is 1.90. The normalized spacial score (nSPS) is 10.7. The molecular formula is C21H30N4O2. The molecule has 1 amide bonds. The number of anilines is 2. The van der Waals surface area contributed by atoms with Gasteiger partial charge in [0.15, 0.2) is 0 Å². The molecule has 0 saturated carbocycles. The summed E-state index contributed by atoms with van der Waals surface area (Å²) in [5.41, 5.74) is 1.22. The van der Waals surface area contributed by atoms with Crippen LogP contribution in [-0.2, 0) is 0 Å². The number of aryl methyl sites for hydroxylation is 1. The molecule has 0 unspecified atom stereocenters. The number of nitrogens with zero attached hydrogens (tertiary/aromatic N) is 3. The summed E-state index contributed by atoms with van der Waals surface area (Å²) in [5.74, 6) is 1.83. The maximum Gasteiger partial charge on any atom is 0.272 e. The number of amides is 1. The highest BCUT2D eigenvalue weighted by Crippen LogP contribution is 2.28. The molecule has 6 heteroatoms. The van der Waals surface area contributed by atoms with Crippen LogP contribution in [0.3, 0.4) is 0 Å². The Morgan fingerprint density at radius 2 is 1.81 bits per heavy atom. The zero-order valence-electron chi connectivity index (χ0n) is 17.0. The molecule has 1 aromatic heterocycles. The van der Waals surface area contributed by atoms with Crippen LogP contribution in [0.4, 0.5) is 11.5 Å². The van der Waals surface area contributed by atoms with Crippen molar-refractivity contribution in [2.24, 2.45) is 0 Å². The van der Waals surface area contributed by atoms with Gasteiger partial charge in [-0.25, -0.2) is 9.97 Å². The van der Waals surface area contributed by atoms with Crippen molar-refractivity contribution in [3.05, 3.63) is 41.9 Å². The van der Waals surface area contributed by atoms with Crippen LogP contribution in [0.15, 0.2) is 30.3 Å². The fraction of sp³-hybridized carbons (Fsp3) is 0.476. The third kappa shape index (κ3) is 5.94. The number of ether oxygens (including phenoxy) is 1. The quantitative estimate of drug-likeness (QED) is 0.700. The molecule has 0 fully saturated rings. The maximum absolute atomic E-state index is 12.9. The lowest BCUT2D eigenvalue weighted by atomic mass is 10.2. The van der Waals surface area contributed by atoms with E-state index in [0.717, 1.165) is 37.4 Å². The molecular weight excluding hydrogens is 340 g/mol. The zero-order valence-corrected chi connectivity index (χ0v) is 17.0. The number of carbonyl (C=O) groups excluding carboxylic acids is 1. The van der Waals surface area contributed by atoms with Crippen LogP contribution < -0.4 is 10.1 Å². The van der Waals surface area contributed by atoms with Crippen molar-refractivity contribution in [2.75, 3.05) is 18.4 Å². The molecule has 0 saturated heterocycles. The maximum atomic E-state index is 12.9. The van der Waals surface area contributed by atoms with Gasteiger partial charge in [-0.1, -0.05) is 26.0 Å². The Hall–Kier alpha value is -2.63. The molecule has 2 aromatic rings. The van der Waals surface area contributed by atoms with E-state index in [-0.39, 0.29) is 12.0 Å². The highest BCUT2D eigenvalue weighted by molar-refractivity contribution is 5.93. The number of aromatic nitrogens is 2. The molecule has 0 atom stereocenters. The van der Waals surface area contributed by atoms with Crippen molar-refractivity contribution in [3.8, 4) is 5.75 Å². The van der Waals surface area contributed by atoms with Crippen LogP contribution in [0.25, 0.3) is 0 Å². The van der Waals surface area contributed by atoms with Crippen LogP contribution in [0, 0.1) is 6.92 Å². The van der Waals surface area contributed by atoms with Crippen LogP contribution in [0.2, 0.25) is 0 Å². The molecule has 1 N–H and O–H groups in total. The van der Waals surface area contributed by atoms with Crippen molar-refractivity contribution in [1.29, 1.82) is 0 Å². The van der Waals surface area contributed by atoms with Gasteiger partial charge in [-0.05, 0) is 45.7 Å². The molecule has 0 bridgehead atoms. The van der Waals surface area contributed by atoms with E-state index in [1.807, 2.05) is 43.0 Å². The summed E-state index contributed by atoms with van der Waals surface area (Å²) in [6.45, 7) is 11.4. The van der Waals surface area contributed by atoms with Gasteiger partial charge < -0.3 is 15.0 Å². The lowest BCUT2D eigenvalue weighted by Gasteiger charge is -2.21. The van der Waals surface area contributed by atoms with Gasteiger partial charge in [0.2, 0.25) is 0 Å². The standard InChI is InChI=1S/C21H30N4O2/c1-6-12-25(13-7-2)21(26)18-14-20(23-16(5)22-18)24-17-10-8-9-11-19(17)27-15(3)4/h8-11,14-15H,6-7,12-13H2,1-5H3,(H,22,23,24). The van der Waals surface area contributed by atoms with Gasteiger partial charge in [0, 0.05) is 19.2 Å². The predicted molar refractivity (Wildman–Crippen MR) is 109 cm³/mol. The van der Waals surface area contributed by atoms with Crippen LogP contribution >= 0.6 is 0 Å². The second kappa shape index (κ2) is 9.90. The average molecular weight is 370 g/mol. The van der Waals surface area contributed by atoms with E-state index in [1.165, 1.54) is 0 Å². The van der Waals surface area contributed by atoms with Gasteiger partial charge in [-0.15, -0.1) is 0 Å². The van der Waals surface area contributed by atoms with Crippen molar-refractivity contribution in [2.45, 2.75) is 53.6 Å². The Kier molecular flexibility index (Phi) is 7.58. The Bertz CT molecular complexity index is 756. The smallest absolute Gasteiger partial charge is 0.272 e. The topological polar surface area (TPSA) is 67.4 Å². The van der Waals surface area contributed by atoms with E-state index in [2.05, 4.69) is 29.1 Å². The first kappa shape index (κ1) is 20.7. The summed E-state index contributed by atoms with van der Waals surface area (Å²) in [5, 5.41) is 3.27. The molecule has 6 nitrogen and oxygen atoms in total. The summed E-state index contributed by atoms with van der Waals surface area (Å²) in [4.78, 5) is 23.5. The van der Waals surface area contributed by atoms with Crippen molar-refractivity contribution >= 4 is 17.4 Å². The minimum atomic E-state index is -0.0565. The number of nitrogens with one attached hydrogen (secondary N) is 1. The van der Waals surface area contributed by atoms with Gasteiger partial charge >= 0.3 is 0 Å². The number of hydrogen-bond acceptors (Lipinski definition) is 5. The van der Waals surface area contributed by atoms with Crippen molar-refractivity contribution in [1.82, 2.24) is 14.9 Å². The van der Waals surface area contributed by atoms with Crippen LogP contribution in [0.1, 0.15) is 56.8 Å². The fourth-order valence-corrected chi connectivity index (χ4v) is 2.82. The Morgan fingerprint density at radius 1 is 1.15 bits per heavy atom. The Morgan fingerprint density at radius 3 is 2.44 bits per heavy atom.